The molecule has 0 spiro atoms. The predicted molar refractivity (Wildman–Crippen MR) is 68.6 cm³/mol. The van der Waals surface area contributed by atoms with Crippen molar-refractivity contribution in [1.82, 2.24) is 4.98 Å². The monoisotopic (exact) mass is 218 g/mol. The van der Waals surface area contributed by atoms with E-state index >= 15 is 0 Å². The molecule has 0 aromatic carbocycles. The smallest absolute Gasteiger partial charge is 0.0601 e. The highest BCUT2D eigenvalue weighted by molar-refractivity contribution is 6.12. The molecule has 0 bridgehead atoms. The van der Waals surface area contributed by atoms with Gasteiger partial charge in [-0.3, -0.25) is 9.98 Å². The first-order valence-corrected chi connectivity index (χ1v) is 5.72. The van der Waals surface area contributed by atoms with Gasteiger partial charge in [-0.25, -0.2) is 0 Å². The molecule has 2 heterocycles. The Bertz CT molecular complexity index is 657. The van der Waals surface area contributed by atoms with E-state index in [4.69, 9.17) is 0 Å². The van der Waals surface area contributed by atoms with Crippen LogP contribution in [0.3, 0.4) is 0 Å². The number of pyridine rings is 1. The van der Waals surface area contributed by atoms with Crippen LogP contribution in [-0.4, -0.2) is 10.7 Å². The number of allylic oxidation sites excluding steroid dienone is 6. The molecule has 1 aromatic rings. The standard InChI is InChI=1S/C15H10N2/c1-2-10-4-7-17-15-13-5-6-16-9-12(13)8-11(3-1)14(10)15/h1-9,14H. The molecule has 0 N–H and O–H groups in total. The number of rotatable bonds is 0. The number of nitrogens with zero attached hydrogens (tertiary/aromatic N) is 2. The summed E-state index contributed by atoms with van der Waals surface area (Å²) >= 11 is 0. The van der Waals surface area contributed by atoms with Gasteiger partial charge in [0.15, 0.2) is 0 Å². The van der Waals surface area contributed by atoms with Crippen LogP contribution in [0.4, 0.5) is 0 Å². The van der Waals surface area contributed by atoms with Gasteiger partial charge in [-0.1, -0.05) is 18.2 Å². The lowest BCUT2D eigenvalue weighted by molar-refractivity contribution is 0.972. The Balaban J connectivity index is 2.06. The zero-order chi connectivity index (χ0) is 11.2. The average molecular weight is 218 g/mol. The van der Waals surface area contributed by atoms with E-state index in [1.807, 2.05) is 18.6 Å². The fourth-order valence-corrected chi connectivity index (χ4v) is 2.69. The van der Waals surface area contributed by atoms with E-state index in [1.54, 1.807) is 0 Å². The van der Waals surface area contributed by atoms with Gasteiger partial charge in [0.05, 0.1) is 11.6 Å². The quantitative estimate of drug-likeness (QED) is 0.657. The minimum atomic E-state index is 0.319. The highest BCUT2D eigenvalue weighted by Gasteiger charge is 2.31. The maximum atomic E-state index is 4.57. The van der Waals surface area contributed by atoms with Gasteiger partial charge in [-0.05, 0) is 29.4 Å². The van der Waals surface area contributed by atoms with E-state index in [1.165, 1.54) is 22.3 Å². The first-order chi connectivity index (χ1) is 8.43. The molecule has 1 atom stereocenters. The lowest BCUT2D eigenvalue weighted by atomic mass is 9.75. The van der Waals surface area contributed by atoms with Crippen molar-refractivity contribution in [3.63, 3.8) is 0 Å². The number of fused-ring (bicyclic) bond motifs is 2. The van der Waals surface area contributed by atoms with Crippen molar-refractivity contribution in [3.8, 4) is 0 Å². The molecule has 0 fully saturated rings. The Hall–Kier alpha value is -2.22. The molecule has 0 saturated carbocycles. The molecule has 2 heteroatoms. The summed E-state index contributed by atoms with van der Waals surface area (Å²) in [5.74, 6) is 0.319. The van der Waals surface area contributed by atoms with E-state index in [0.717, 1.165) is 5.71 Å². The minimum Gasteiger partial charge on any atom is -0.264 e. The zero-order valence-corrected chi connectivity index (χ0v) is 9.17. The molecule has 1 unspecified atom stereocenters. The van der Waals surface area contributed by atoms with E-state index in [9.17, 15) is 0 Å². The highest BCUT2D eigenvalue weighted by atomic mass is 14.7. The topological polar surface area (TPSA) is 25.2 Å². The largest absolute Gasteiger partial charge is 0.264 e. The molecule has 17 heavy (non-hydrogen) atoms. The van der Waals surface area contributed by atoms with Gasteiger partial charge in [0.1, 0.15) is 0 Å². The molecule has 2 nitrogen and oxygen atoms in total. The molecule has 3 aliphatic rings. The Kier molecular flexibility index (Phi) is 1.64. The van der Waals surface area contributed by atoms with Crippen molar-refractivity contribution in [3.05, 3.63) is 71.2 Å². The number of aliphatic imine (C=N–C) groups is 1. The minimum absolute atomic E-state index is 0.319. The first-order valence-electron chi connectivity index (χ1n) is 5.72. The first kappa shape index (κ1) is 8.88. The van der Waals surface area contributed by atoms with Crippen LogP contribution in [0.2, 0.25) is 0 Å². The number of hydrogen-bond acceptors (Lipinski definition) is 2. The maximum Gasteiger partial charge on any atom is 0.0601 e. The molecular formula is C15H10N2. The van der Waals surface area contributed by atoms with Crippen LogP contribution in [0.25, 0.3) is 6.08 Å². The van der Waals surface area contributed by atoms with Crippen LogP contribution in [0, 0.1) is 5.92 Å². The van der Waals surface area contributed by atoms with Crippen LogP contribution in [0.5, 0.6) is 0 Å². The summed E-state index contributed by atoms with van der Waals surface area (Å²) in [6, 6.07) is 2.05. The Morgan fingerprint density at radius 1 is 1.12 bits per heavy atom. The fourth-order valence-electron chi connectivity index (χ4n) is 2.69. The van der Waals surface area contributed by atoms with Gasteiger partial charge >= 0.3 is 0 Å². The fraction of sp³-hybridized carbons (Fsp3) is 0.0667. The normalized spacial score (nSPS) is 23.3. The lowest BCUT2D eigenvalue weighted by Gasteiger charge is -2.30. The van der Waals surface area contributed by atoms with Gasteiger partial charge < -0.3 is 0 Å². The molecule has 2 aliphatic carbocycles. The molecule has 0 radical (unpaired) electrons. The summed E-state index contributed by atoms with van der Waals surface area (Å²) in [7, 11) is 0. The molecular weight excluding hydrogens is 208 g/mol. The predicted octanol–water partition coefficient (Wildman–Crippen LogP) is 2.91. The van der Waals surface area contributed by atoms with Crippen molar-refractivity contribution >= 4 is 11.8 Å². The maximum absolute atomic E-state index is 4.57. The third-order valence-electron chi connectivity index (χ3n) is 3.45. The van der Waals surface area contributed by atoms with Crippen LogP contribution in [0.1, 0.15) is 11.1 Å². The van der Waals surface area contributed by atoms with E-state index in [0.29, 0.717) is 5.92 Å². The summed E-state index contributed by atoms with van der Waals surface area (Å²) in [5.41, 5.74) is 6.16. The second-order valence-electron chi connectivity index (χ2n) is 4.40. The van der Waals surface area contributed by atoms with Crippen molar-refractivity contribution in [2.24, 2.45) is 10.9 Å². The molecule has 0 saturated heterocycles. The van der Waals surface area contributed by atoms with Crippen LogP contribution in [0.15, 0.2) is 65.1 Å². The van der Waals surface area contributed by atoms with Crippen molar-refractivity contribution in [2.75, 3.05) is 0 Å². The Morgan fingerprint density at radius 3 is 3.12 bits per heavy atom. The van der Waals surface area contributed by atoms with Crippen LogP contribution < -0.4 is 0 Å². The van der Waals surface area contributed by atoms with Gasteiger partial charge in [-0.2, -0.15) is 0 Å². The number of aromatic nitrogens is 1. The van der Waals surface area contributed by atoms with Gasteiger partial charge in [0.25, 0.3) is 0 Å². The Labute approximate surface area is 99.4 Å². The van der Waals surface area contributed by atoms with Crippen molar-refractivity contribution in [2.45, 2.75) is 0 Å². The molecule has 80 valence electrons. The Morgan fingerprint density at radius 2 is 2.12 bits per heavy atom. The molecule has 4 rings (SSSR count). The second-order valence-corrected chi connectivity index (χ2v) is 4.40. The SMILES string of the molecule is C1=CC2=Cc3cnccc3C3=NC=CC(=C1)C23. The van der Waals surface area contributed by atoms with Crippen LogP contribution >= 0.6 is 0 Å². The van der Waals surface area contributed by atoms with E-state index in [2.05, 4.69) is 46.4 Å². The molecule has 0 amide bonds. The van der Waals surface area contributed by atoms with Crippen LogP contribution in [-0.2, 0) is 0 Å². The average Bonchev–Trinajstić information content (AvgIpc) is 2.39. The third kappa shape index (κ3) is 1.15. The lowest BCUT2D eigenvalue weighted by Crippen LogP contribution is -2.26. The second kappa shape index (κ2) is 3.14. The van der Waals surface area contributed by atoms with E-state index in [-0.39, 0.29) is 0 Å². The third-order valence-corrected chi connectivity index (χ3v) is 3.45. The summed E-state index contributed by atoms with van der Waals surface area (Å²) in [6.07, 6.45) is 16.4. The summed E-state index contributed by atoms with van der Waals surface area (Å²) in [6.45, 7) is 0. The van der Waals surface area contributed by atoms with Crippen molar-refractivity contribution < 1.29 is 0 Å². The summed E-state index contributed by atoms with van der Waals surface area (Å²) in [5, 5.41) is 0. The zero-order valence-electron chi connectivity index (χ0n) is 9.17. The summed E-state index contributed by atoms with van der Waals surface area (Å²) in [4.78, 5) is 8.75. The number of hydrogen-bond donors (Lipinski definition) is 0. The van der Waals surface area contributed by atoms with Gasteiger partial charge in [-0.15, -0.1) is 0 Å². The molecule has 1 aromatic heterocycles. The summed E-state index contributed by atoms with van der Waals surface area (Å²) < 4.78 is 0. The molecule has 1 aliphatic heterocycles. The van der Waals surface area contributed by atoms with Gasteiger partial charge in [0, 0.05) is 29.7 Å². The van der Waals surface area contributed by atoms with Gasteiger partial charge in [0.2, 0.25) is 0 Å². The van der Waals surface area contributed by atoms with E-state index < -0.39 is 0 Å². The highest BCUT2D eigenvalue weighted by Crippen LogP contribution is 2.38. The van der Waals surface area contributed by atoms with Crippen molar-refractivity contribution in [1.29, 1.82) is 0 Å².